The summed E-state index contributed by atoms with van der Waals surface area (Å²) in [7, 11) is 3.15. The number of hydrogen-bond acceptors (Lipinski definition) is 5. The molecule has 9 heteroatoms. The molecule has 0 aliphatic carbocycles. The molecule has 0 spiro atoms. The zero-order valence-electron chi connectivity index (χ0n) is 12.5. The van der Waals surface area contributed by atoms with Crippen molar-refractivity contribution in [3.8, 4) is 16.6 Å². The van der Waals surface area contributed by atoms with E-state index in [0.717, 1.165) is 0 Å². The molecular weight excluding hydrogens is 393 g/mol. The Morgan fingerprint density at radius 2 is 2.04 bits per heavy atom. The number of carbonyl (C=O) groups is 1. The van der Waals surface area contributed by atoms with E-state index in [0.29, 0.717) is 25.6 Å². The van der Waals surface area contributed by atoms with E-state index >= 15 is 0 Å². The molecule has 0 amide bonds. The molecule has 0 bridgehead atoms. The van der Waals surface area contributed by atoms with Crippen LogP contribution in [-0.2, 0) is 7.05 Å². The number of thiazole rings is 1. The normalized spacial score (nSPS) is 10.9. The number of halogens is 3. The first-order valence-corrected chi connectivity index (χ1v) is 8.60. The molecule has 0 unspecified atom stereocenters. The maximum atomic E-state index is 13.1. The van der Waals surface area contributed by atoms with Crippen molar-refractivity contribution in [3.05, 3.63) is 49.9 Å². The molecule has 0 aliphatic heterocycles. The van der Waals surface area contributed by atoms with E-state index in [1.54, 1.807) is 19.2 Å². The lowest BCUT2D eigenvalue weighted by molar-refractivity contribution is 0.103. The first-order valence-electron chi connectivity index (χ1n) is 6.64. The summed E-state index contributed by atoms with van der Waals surface area (Å²) in [6, 6.07) is 4.68. The monoisotopic (exact) mass is 401 g/mol. The predicted octanol–water partition coefficient (Wildman–Crippen LogP) is 4.74. The summed E-state index contributed by atoms with van der Waals surface area (Å²) in [5, 5.41) is 5.50. The number of methoxy groups -OCH3 is 1. The Kier molecular flexibility index (Phi) is 4.83. The van der Waals surface area contributed by atoms with Crippen molar-refractivity contribution < 1.29 is 9.53 Å². The molecule has 5 nitrogen and oxygen atoms in total. The van der Waals surface area contributed by atoms with Gasteiger partial charge in [0.25, 0.3) is 0 Å². The van der Waals surface area contributed by atoms with Crippen LogP contribution >= 0.6 is 46.1 Å². The van der Waals surface area contributed by atoms with E-state index in [-0.39, 0.29) is 22.2 Å². The van der Waals surface area contributed by atoms with Gasteiger partial charge in [0.2, 0.25) is 11.7 Å². The first-order chi connectivity index (χ1) is 11.4. The van der Waals surface area contributed by atoms with Crippen molar-refractivity contribution >= 4 is 51.9 Å². The van der Waals surface area contributed by atoms with Crippen LogP contribution < -0.4 is 4.74 Å². The second kappa shape index (κ2) is 6.72. The SMILES string of the molecule is COc1nn(C)c(-c2ncc(Cl)s2)c1C(=O)c1ccc(Cl)cc1Cl. The van der Waals surface area contributed by atoms with Crippen LogP contribution in [0.4, 0.5) is 0 Å². The van der Waals surface area contributed by atoms with Crippen molar-refractivity contribution in [1.82, 2.24) is 14.8 Å². The van der Waals surface area contributed by atoms with Crippen molar-refractivity contribution in [2.24, 2.45) is 7.05 Å². The highest BCUT2D eigenvalue weighted by Gasteiger charge is 2.28. The lowest BCUT2D eigenvalue weighted by Crippen LogP contribution is -2.06. The molecule has 1 aromatic carbocycles. The summed E-state index contributed by atoms with van der Waals surface area (Å²) in [6.07, 6.45) is 1.52. The number of nitrogens with zero attached hydrogens (tertiary/aromatic N) is 3. The minimum Gasteiger partial charge on any atom is -0.479 e. The van der Waals surface area contributed by atoms with Gasteiger partial charge < -0.3 is 4.74 Å². The van der Waals surface area contributed by atoms with Gasteiger partial charge in [-0.25, -0.2) is 4.98 Å². The zero-order chi connectivity index (χ0) is 17.4. The summed E-state index contributed by atoms with van der Waals surface area (Å²) in [6.45, 7) is 0. The Hall–Kier alpha value is -1.60. The Balaban J connectivity index is 2.21. The van der Waals surface area contributed by atoms with E-state index in [1.807, 2.05) is 0 Å². The molecule has 0 fully saturated rings. The number of carbonyl (C=O) groups excluding carboxylic acids is 1. The number of ketones is 1. The lowest BCUT2D eigenvalue weighted by Gasteiger charge is -2.06. The maximum Gasteiger partial charge on any atom is 0.244 e. The number of hydrogen-bond donors (Lipinski definition) is 0. The first kappa shape index (κ1) is 17.2. The molecule has 0 saturated heterocycles. The summed E-state index contributed by atoms with van der Waals surface area (Å²) >= 11 is 19.3. The minimum atomic E-state index is -0.331. The van der Waals surface area contributed by atoms with Crippen molar-refractivity contribution in [2.75, 3.05) is 7.11 Å². The van der Waals surface area contributed by atoms with Crippen LogP contribution in [0.2, 0.25) is 14.4 Å². The van der Waals surface area contributed by atoms with Crippen LogP contribution in [-0.4, -0.2) is 27.7 Å². The van der Waals surface area contributed by atoms with E-state index in [9.17, 15) is 4.79 Å². The third-order valence-electron chi connectivity index (χ3n) is 3.29. The van der Waals surface area contributed by atoms with Crippen molar-refractivity contribution in [3.63, 3.8) is 0 Å². The molecule has 0 radical (unpaired) electrons. The topological polar surface area (TPSA) is 57.0 Å². The van der Waals surface area contributed by atoms with Crippen LogP contribution in [0.5, 0.6) is 5.88 Å². The predicted molar refractivity (Wildman–Crippen MR) is 95.8 cm³/mol. The van der Waals surface area contributed by atoms with Gasteiger partial charge in [-0.3, -0.25) is 9.48 Å². The fraction of sp³-hybridized carbons (Fsp3) is 0.133. The average Bonchev–Trinajstić information content (AvgIpc) is 3.09. The molecule has 0 saturated carbocycles. The van der Waals surface area contributed by atoms with Crippen LogP contribution in [0.3, 0.4) is 0 Å². The third-order valence-corrected chi connectivity index (χ3v) is 4.96. The molecule has 0 aliphatic rings. The molecule has 0 atom stereocenters. The summed E-state index contributed by atoms with van der Waals surface area (Å²) in [5.41, 5.74) is 1.09. The molecule has 3 rings (SSSR count). The van der Waals surface area contributed by atoms with Gasteiger partial charge in [0, 0.05) is 17.6 Å². The van der Waals surface area contributed by atoms with Gasteiger partial charge in [-0.1, -0.05) is 34.8 Å². The quantitative estimate of drug-likeness (QED) is 0.591. The molecular formula is C15H10Cl3N3O2S. The molecule has 124 valence electrons. The number of aromatic nitrogens is 3. The largest absolute Gasteiger partial charge is 0.479 e. The van der Waals surface area contributed by atoms with Crippen molar-refractivity contribution in [1.29, 1.82) is 0 Å². The second-order valence-corrected chi connectivity index (χ2v) is 7.28. The lowest BCUT2D eigenvalue weighted by atomic mass is 10.0. The van der Waals surface area contributed by atoms with E-state index in [1.165, 1.54) is 35.4 Å². The fourth-order valence-corrected chi connectivity index (χ4v) is 3.75. The van der Waals surface area contributed by atoms with E-state index < -0.39 is 0 Å². The Bertz CT molecular complexity index is 936. The highest BCUT2D eigenvalue weighted by Crippen LogP contribution is 2.36. The summed E-state index contributed by atoms with van der Waals surface area (Å²) in [5.74, 6) is -0.141. The Morgan fingerprint density at radius 1 is 1.29 bits per heavy atom. The van der Waals surface area contributed by atoms with Gasteiger partial charge in [-0.2, -0.15) is 0 Å². The van der Waals surface area contributed by atoms with Crippen LogP contribution in [0, 0.1) is 0 Å². The maximum absolute atomic E-state index is 13.1. The second-order valence-electron chi connectivity index (χ2n) is 4.78. The van der Waals surface area contributed by atoms with Gasteiger partial charge in [0.15, 0.2) is 0 Å². The smallest absolute Gasteiger partial charge is 0.244 e. The van der Waals surface area contributed by atoms with E-state index in [2.05, 4.69) is 10.1 Å². The van der Waals surface area contributed by atoms with Crippen LogP contribution in [0.1, 0.15) is 15.9 Å². The van der Waals surface area contributed by atoms with Gasteiger partial charge in [0.05, 0.1) is 18.3 Å². The molecule has 0 N–H and O–H groups in total. The van der Waals surface area contributed by atoms with Crippen LogP contribution in [0.15, 0.2) is 24.4 Å². The van der Waals surface area contributed by atoms with Gasteiger partial charge >= 0.3 is 0 Å². The molecule has 2 aromatic heterocycles. The van der Waals surface area contributed by atoms with Crippen LogP contribution in [0.25, 0.3) is 10.7 Å². The molecule has 3 aromatic rings. The number of ether oxygens (including phenoxy) is 1. The highest BCUT2D eigenvalue weighted by molar-refractivity contribution is 7.18. The zero-order valence-corrected chi connectivity index (χ0v) is 15.6. The summed E-state index contributed by atoms with van der Waals surface area (Å²) in [4.78, 5) is 17.3. The summed E-state index contributed by atoms with van der Waals surface area (Å²) < 4.78 is 7.30. The molecule has 24 heavy (non-hydrogen) atoms. The third kappa shape index (κ3) is 3.02. The van der Waals surface area contributed by atoms with Gasteiger partial charge in [-0.15, -0.1) is 16.4 Å². The van der Waals surface area contributed by atoms with E-state index in [4.69, 9.17) is 39.5 Å². The van der Waals surface area contributed by atoms with Gasteiger partial charge in [0.1, 0.15) is 20.6 Å². The highest BCUT2D eigenvalue weighted by atomic mass is 35.5. The number of rotatable bonds is 4. The average molecular weight is 403 g/mol. The van der Waals surface area contributed by atoms with Crippen molar-refractivity contribution in [2.45, 2.75) is 0 Å². The number of benzene rings is 1. The standard InChI is InChI=1S/C15H10Cl3N3O2S/c1-21-12(15-19-6-10(18)24-15)11(14(20-21)23-2)13(22)8-4-3-7(16)5-9(8)17/h3-6H,1-2H3. The minimum absolute atomic E-state index is 0.190. The fourth-order valence-electron chi connectivity index (χ4n) is 2.26. The Labute approximate surface area is 156 Å². The number of aryl methyl sites for hydroxylation is 1. The van der Waals surface area contributed by atoms with Gasteiger partial charge in [-0.05, 0) is 18.2 Å². The Morgan fingerprint density at radius 3 is 2.62 bits per heavy atom. The molecule has 2 heterocycles.